The summed E-state index contributed by atoms with van der Waals surface area (Å²) in [6, 6.07) is 15.3. The van der Waals surface area contributed by atoms with Gasteiger partial charge in [0, 0.05) is 16.0 Å². The lowest BCUT2D eigenvalue weighted by Crippen LogP contribution is -2.04. The average Bonchev–Trinajstić information content (AvgIpc) is 2.46. The molecule has 20 heavy (non-hydrogen) atoms. The molecule has 1 aromatic heterocycles. The first kappa shape index (κ1) is 13.0. The Labute approximate surface area is 120 Å². The SMILES string of the molecule is OC(c1ccc2ccccc2n1)c1ccc(Cl)cc1F. The zero-order chi connectivity index (χ0) is 14.1. The highest BCUT2D eigenvalue weighted by Crippen LogP contribution is 2.26. The molecule has 0 aliphatic carbocycles. The summed E-state index contributed by atoms with van der Waals surface area (Å²) in [4.78, 5) is 4.37. The van der Waals surface area contributed by atoms with Crippen molar-refractivity contribution in [2.75, 3.05) is 0 Å². The number of rotatable bonds is 2. The zero-order valence-corrected chi connectivity index (χ0v) is 11.2. The van der Waals surface area contributed by atoms with Gasteiger partial charge in [-0.05, 0) is 24.3 Å². The summed E-state index contributed by atoms with van der Waals surface area (Å²) in [5, 5.41) is 11.5. The van der Waals surface area contributed by atoms with E-state index in [4.69, 9.17) is 11.6 Å². The Morgan fingerprint density at radius 2 is 1.85 bits per heavy atom. The van der Waals surface area contributed by atoms with E-state index in [1.807, 2.05) is 30.3 Å². The molecule has 2 nitrogen and oxygen atoms in total. The van der Waals surface area contributed by atoms with Gasteiger partial charge in [-0.2, -0.15) is 0 Å². The molecule has 0 fully saturated rings. The molecule has 100 valence electrons. The molecule has 0 aliphatic heterocycles. The van der Waals surface area contributed by atoms with Crippen LogP contribution in [0.25, 0.3) is 10.9 Å². The van der Waals surface area contributed by atoms with Gasteiger partial charge in [0.15, 0.2) is 0 Å². The molecule has 0 saturated carbocycles. The maximum absolute atomic E-state index is 13.8. The lowest BCUT2D eigenvalue weighted by Gasteiger charge is -2.12. The highest BCUT2D eigenvalue weighted by atomic mass is 35.5. The van der Waals surface area contributed by atoms with Crippen molar-refractivity contribution in [1.29, 1.82) is 0 Å². The largest absolute Gasteiger partial charge is 0.382 e. The summed E-state index contributed by atoms with van der Waals surface area (Å²) in [7, 11) is 0. The second kappa shape index (κ2) is 5.19. The molecular weight excluding hydrogens is 277 g/mol. The first-order valence-corrected chi connectivity index (χ1v) is 6.51. The predicted octanol–water partition coefficient (Wildman–Crippen LogP) is 4.11. The molecule has 0 saturated heterocycles. The van der Waals surface area contributed by atoms with Crippen LogP contribution in [0.4, 0.5) is 4.39 Å². The summed E-state index contributed by atoms with van der Waals surface area (Å²) in [6.45, 7) is 0. The van der Waals surface area contributed by atoms with E-state index in [0.717, 1.165) is 10.9 Å². The smallest absolute Gasteiger partial charge is 0.130 e. The highest BCUT2D eigenvalue weighted by molar-refractivity contribution is 6.30. The number of halogens is 2. The zero-order valence-electron chi connectivity index (χ0n) is 10.4. The third-order valence-corrected chi connectivity index (χ3v) is 3.39. The number of hydrogen-bond donors (Lipinski definition) is 1. The highest BCUT2D eigenvalue weighted by Gasteiger charge is 2.16. The van der Waals surface area contributed by atoms with Crippen LogP contribution in [0, 0.1) is 5.82 Å². The van der Waals surface area contributed by atoms with Gasteiger partial charge in [-0.1, -0.05) is 41.9 Å². The number of pyridine rings is 1. The molecule has 0 radical (unpaired) electrons. The second-order valence-corrected chi connectivity index (χ2v) is 4.93. The molecule has 1 N–H and O–H groups in total. The van der Waals surface area contributed by atoms with Crippen LogP contribution in [0.3, 0.4) is 0 Å². The molecule has 0 spiro atoms. The van der Waals surface area contributed by atoms with E-state index in [1.165, 1.54) is 12.1 Å². The van der Waals surface area contributed by atoms with E-state index in [2.05, 4.69) is 4.98 Å². The number of fused-ring (bicyclic) bond motifs is 1. The predicted molar refractivity (Wildman–Crippen MR) is 77.2 cm³/mol. The molecule has 3 rings (SSSR count). The molecule has 0 aliphatic rings. The van der Waals surface area contributed by atoms with Gasteiger partial charge in [-0.15, -0.1) is 0 Å². The van der Waals surface area contributed by atoms with E-state index >= 15 is 0 Å². The minimum atomic E-state index is -1.11. The van der Waals surface area contributed by atoms with Crippen LogP contribution in [-0.4, -0.2) is 10.1 Å². The van der Waals surface area contributed by atoms with Gasteiger partial charge in [0.2, 0.25) is 0 Å². The molecule has 4 heteroatoms. The molecule has 0 amide bonds. The molecule has 1 atom stereocenters. The van der Waals surface area contributed by atoms with Crippen molar-refractivity contribution in [3.63, 3.8) is 0 Å². The standard InChI is InChI=1S/C16H11ClFNO/c17-11-6-7-12(13(18)9-11)16(20)15-8-5-10-3-1-2-4-14(10)19-15/h1-9,16,20H. The van der Waals surface area contributed by atoms with Gasteiger partial charge >= 0.3 is 0 Å². The topological polar surface area (TPSA) is 33.1 Å². The first-order valence-electron chi connectivity index (χ1n) is 6.14. The van der Waals surface area contributed by atoms with Crippen molar-refractivity contribution >= 4 is 22.5 Å². The summed E-state index contributed by atoms with van der Waals surface area (Å²) in [6.07, 6.45) is -1.11. The monoisotopic (exact) mass is 287 g/mol. The fourth-order valence-electron chi connectivity index (χ4n) is 2.12. The molecule has 3 aromatic rings. The van der Waals surface area contributed by atoms with E-state index in [1.54, 1.807) is 12.1 Å². The van der Waals surface area contributed by atoms with Crippen LogP contribution >= 0.6 is 11.6 Å². The van der Waals surface area contributed by atoms with Gasteiger partial charge in [0.05, 0.1) is 11.2 Å². The molecule has 2 aromatic carbocycles. The third-order valence-electron chi connectivity index (χ3n) is 3.16. The van der Waals surface area contributed by atoms with Crippen LogP contribution in [0.5, 0.6) is 0 Å². The van der Waals surface area contributed by atoms with Crippen LogP contribution in [-0.2, 0) is 0 Å². The first-order chi connectivity index (χ1) is 9.65. The van der Waals surface area contributed by atoms with Crippen molar-refractivity contribution in [2.45, 2.75) is 6.10 Å². The van der Waals surface area contributed by atoms with Crippen LogP contribution in [0.1, 0.15) is 17.4 Å². The van der Waals surface area contributed by atoms with Crippen LogP contribution in [0.15, 0.2) is 54.6 Å². The van der Waals surface area contributed by atoms with E-state index < -0.39 is 11.9 Å². The summed E-state index contributed by atoms with van der Waals surface area (Å²) < 4.78 is 13.8. The summed E-state index contributed by atoms with van der Waals surface area (Å²) in [5.41, 5.74) is 1.33. The Hall–Kier alpha value is -1.97. The molecule has 1 unspecified atom stereocenters. The van der Waals surface area contributed by atoms with E-state index in [-0.39, 0.29) is 5.56 Å². The van der Waals surface area contributed by atoms with E-state index in [9.17, 15) is 9.50 Å². The van der Waals surface area contributed by atoms with Crippen LogP contribution in [0.2, 0.25) is 5.02 Å². The number of benzene rings is 2. The molecular formula is C16H11ClFNO. The fourth-order valence-corrected chi connectivity index (χ4v) is 2.28. The molecule has 1 heterocycles. The average molecular weight is 288 g/mol. The molecule has 0 bridgehead atoms. The van der Waals surface area contributed by atoms with Crippen molar-refractivity contribution in [3.8, 4) is 0 Å². The third kappa shape index (κ3) is 2.38. The Kier molecular flexibility index (Phi) is 3.38. The summed E-state index contributed by atoms with van der Waals surface area (Å²) >= 11 is 5.71. The Balaban J connectivity index is 2.05. The normalized spacial score (nSPS) is 12.6. The minimum Gasteiger partial charge on any atom is -0.382 e. The van der Waals surface area contributed by atoms with Gasteiger partial charge in [-0.3, -0.25) is 0 Å². The number of aliphatic hydroxyl groups is 1. The Morgan fingerprint density at radius 1 is 1.05 bits per heavy atom. The quantitative estimate of drug-likeness (QED) is 0.769. The fraction of sp³-hybridized carbons (Fsp3) is 0.0625. The maximum atomic E-state index is 13.8. The minimum absolute atomic E-state index is 0.164. The Bertz CT molecular complexity index is 775. The van der Waals surface area contributed by atoms with Crippen molar-refractivity contribution in [3.05, 3.63) is 76.7 Å². The van der Waals surface area contributed by atoms with Crippen molar-refractivity contribution in [2.24, 2.45) is 0 Å². The van der Waals surface area contributed by atoms with Gasteiger partial charge in [0.1, 0.15) is 11.9 Å². The second-order valence-electron chi connectivity index (χ2n) is 4.50. The van der Waals surface area contributed by atoms with Gasteiger partial charge in [0.25, 0.3) is 0 Å². The number of hydrogen-bond acceptors (Lipinski definition) is 2. The lowest BCUT2D eigenvalue weighted by molar-refractivity contribution is 0.210. The summed E-state index contributed by atoms with van der Waals surface area (Å²) in [5.74, 6) is -0.542. The number of para-hydroxylation sites is 1. The number of nitrogens with zero attached hydrogens (tertiary/aromatic N) is 1. The van der Waals surface area contributed by atoms with E-state index in [0.29, 0.717) is 10.7 Å². The number of aliphatic hydroxyl groups excluding tert-OH is 1. The Morgan fingerprint density at radius 3 is 2.65 bits per heavy atom. The van der Waals surface area contributed by atoms with Crippen molar-refractivity contribution in [1.82, 2.24) is 4.98 Å². The maximum Gasteiger partial charge on any atom is 0.130 e. The lowest BCUT2D eigenvalue weighted by atomic mass is 10.0. The van der Waals surface area contributed by atoms with Gasteiger partial charge in [-0.25, -0.2) is 9.37 Å². The number of aromatic nitrogens is 1. The van der Waals surface area contributed by atoms with Crippen LogP contribution < -0.4 is 0 Å². The van der Waals surface area contributed by atoms with Crippen molar-refractivity contribution < 1.29 is 9.50 Å². The van der Waals surface area contributed by atoms with Gasteiger partial charge < -0.3 is 5.11 Å².